The zero-order chi connectivity index (χ0) is 16.4. The number of rotatable bonds is 5. The molecule has 0 unspecified atom stereocenters. The summed E-state index contributed by atoms with van der Waals surface area (Å²) in [5, 5.41) is 0. The monoisotopic (exact) mass is 319 g/mol. The van der Waals surface area contributed by atoms with E-state index in [4.69, 9.17) is 4.42 Å². The van der Waals surface area contributed by atoms with Gasteiger partial charge in [-0.25, -0.2) is 0 Å². The maximum atomic E-state index is 12.3. The molecule has 0 radical (unpaired) electrons. The summed E-state index contributed by atoms with van der Waals surface area (Å²) >= 11 is 0. The minimum Gasteiger partial charge on any atom is -0.459 e. The van der Waals surface area contributed by atoms with Crippen LogP contribution in [-0.4, -0.2) is 72.5 Å². The Bertz CT molecular complexity index is 500. The summed E-state index contributed by atoms with van der Waals surface area (Å²) in [6.07, 6.45) is 4.05. The number of piperidine rings is 1. The number of carbonyl (C=O) groups is 1. The molecule has 5 nitrogen and oxygen atoms in total. The van der Waals surface area contributed by atoms with E-state index in [1.807, 2.05) is 4.90 Å². The fraction of sp³-hybridized carbons (Fsp3) is 0.722. The van der Waals surface area contributed by atoms with Gasteiger partial charge in [0.05, 0.1) is 6.26 Å². The Morgan fingerprint density at radius 2 is 2.00 bits per heavy atom. The highest BCUT2D eigenvalue weighted by Crippen LogP contribution is 2.25. The van der Waals surface area contributed by atoms with Crippen molar-refractivity contribution in [2.24, 2.45) is 5.92 Å². The molecule has 1 aromatic heterocycles. The molecule has 0 atom stereocenters. The van der Waals surface area contributed by atoms with Gasteiger partial charge in [0.2, 0.25) is 0 Å². The maximum absolute atomic E-state index is 12.3. The third-order valence-electron chi connectivity index (χ3n) is 5.08. The molecule has 2 aliphatic heterocycles. The Morgan fingerprint density at radius 3 is 2.57 bits per heavy atom. The number of likely N-dealkylation sites (tertiary alicyclic amines) is 2. The molecule has 0 aromatic carbocycles. The Hall–Kier alpha value is -1.33. The van der Waals surface area contributed by atoms with Crippen molar-refractivity contribution in [2.75, 3.05) is 39.8 Å². The van der Waals surface area contributed by atoms with E-state index in [1.54, 1.807) is 18.4 Å². The van der Waals surface area contributed by atoms with Crippen LogP contribution in [0.5, 0.6) is 0 Å². The van der Waals surface area contributed by atoms with Crippen LogP contribution < -0.4 is 0 Å². The zero-order valence-corrected chi connectivity index (χ0v) is 14.6. The number of nitrogens with zero attached hydrogens (tertiary/aromatic N) is 3. The lowest BCUT2D eigenvalue weighted by Crippen LogP contribution is -2.64. The first kappa shape index (κ1) is 16.5. The minimum absolute atomic E-state index is 0.0270. The molecular weight excluding hydrogens is 290 g/mol. The Kier molecular flexibility index (Phi) is 5.07. The van der Waals surface area contributed by atoms with E-state index in [9.17, 15) is 4.79 Å². The van der Waals surface area contributed by atoms with E-state index in [-0.39, 0.29) is 5.91 Å². The summed E-state index contributed by atoms with van der Waals surface area (Å²) in [4.78, 5) is 19.3. The topological polar surface area (TPSA) is 39.9 Å². The van der Waals surface area contributed by atoms with Crippen LogP contribution in [0.4, 0.5) is 0 Å². The quantitative estimate of drug-likeness (QED) is 0.834. The molecule has 2 fully saturated rings. The number of carbonyl (C=O) groups excluding carboxylic acids is 1. The molecule has 3 heterocycles. The van der Waals surface area contributed by atoms with E-state index < -0.39 is 0 Å². The van der Waals surface area contributed by atoms with Gasteiger partial charge < -0.3 is 14.2 Å². The smallest absolute Gasteiger partial charge is 0.289 e. The Morgan fingerprint density at radius 1 is 1.30 bits per heavy atom. The van der Waals surface area contributed by atoms with Gasteiger partial charge in [0.1, 0.15) is 0 Å². The molecule has 0 bridgehead atoms. The largest absolute Gasteiger partial charge is 0.459 e. The molecule has 128 valence electrons. The van der Waals surface area contributed by atoms with Crippen molar-refractivity contribution in [3.8, 4) is 0 Å². The van der Waals surface area contributed by atoms with Crippen LogP contribution >= 0.6 is 0 Å². The lowest BCUT2D eigenvalue weighted by molar-refractivity contribution is -0.00927. The Balaban J connectivity index is 1.58. The predicted molar refractivity (Wildman–Crippen MR) is 90.5 cm³/mol. The second kappa shape index (κ2) is 7.05. The highest BCUT2D eigenvalue weighted by molar-refractivity contribution is 5.92. The molecular formula is C18H29N3O2. The molecule has 2 aliphatic rings. The average molecular weight is 319 g/mol. The van der Waals surface area contributed by atoms with Gasteiger partial charge in [0.25, 0.3) is 5.91 Å². The van der Waals surface area contributed by atoms with E-state index in [0.717, 1.165) is 19.6 Å². The van der Waals surface area contributed by atoms with Crippen LogP contribution in [0.15, 0.2) is 22.8 Å². The lowest BCUT2D eigenvalue weighted by Gasteiger charge is -2.50. The highest BCUT2D eigenvalue weighted by atomic mass is 16.3. The lowest BCUT2D eigenvalue weighted by atomic mass is 9.96. The van der Waals surface area contributed by atoms with Crippen LogP contribution in [0.25, 0.3) is 0 Å². The van der Waals surface area contributed by atoms with Crippen molar-refractivity contribution < 1.29 is 9.21 Å². The van der Waals surface area contributed by atoms with Gasteiger partial charge in [-0.15, -0.1) is 0 Å². The molecule has 1 amide bonds. The summed E-state index contributed by atoms with van der Waals surface area (Å²) in [7, 11) is 2.20. The second-order valence-corrected chi connectivity index (χ2v) is 7.47. The van der Waals surface area contributed by atoms with E-state index in [2.05, 4.69) is 30.7 Å². The normalized spacial score (nSPS) is 21.2. The SMILES string of the molecule is CC(C)CN(C1CCN(C)CC1)C1CN(C(=O)c2ccco2)C1. The van der Waals surface area contributed by atoms with Crippen molar-refractivity contribution in [1.82, 2.24) is 14.7 Å². The van der Waals surface area contributed by atoms with Gasteiger partial charge >= 0.3 is 0 Å². The average Bonchev–Trinajstić information content (AvgIpc) is 2.99. The fourth-order valence-electron chi connectivity index (χ4n) is 3.73. The second-order valence-electron chi connectivity index (χ2n) is 7.47. The molecule has 0 saturated carbocycles. The fourth-order valence-corrected chi connectivity index (χ4v) is 3.73. The van der Waals surface area contributed by atoms with Gasteiger partial charge in [0, 0.05) is 31.7 Å². The van der Waals surface area contributed by atoms with E-state index in [1.165, 1.54) is 25.9 Å². The first-order valence-electron chi connectivity index (χ1n) is 8.81. The number of hydrogen-bond acceptors (Lipinski definition) is 4. The maximum Gasteiger partial charge on any atom is 0.289 e. The number of amides is 1. The van der Waals surface area contributed by atoms with E-state index >= 15 is 0 Å². The predicted octanol–water partition coefficient (Wildman–Crippen LogP) is 2.16. The van der Waals surface area contributed by atoms with Crippen molar-refractivity contribution >= 4 is 5.91 Å². The molecule has 2 saturated heterocycles. The van der Waals surface area contributed by atoms with Crippen molar-refractivity contribution in [3.63, 3.8) is 0 Å². The highest BCUT2D eigenvalue weighted by Gasteiger charge is 2.39. The summed E-state index contributed by atoms with van der Waals surface area (Å²) in [5.41, 5.74) is 0. The van der Waals surface area contributed by atoms with Gasteiger partial charge in [-0.05, 0) is 51.0 Å². The summed E-state index contributed by atoms with van der Waals surface area (Å²) in [6.45, 7) is 9.72. The molecule has 0 aliphatic carbocycles. The molecule has 23 heavy (non-hydrogen) atoms. The first-order valence-corrected chi connectivity index (χ1v) is 8.81. The zero-order valence-electron chi connectivity index (χ0n) is 14.6. The third kappa shape index (κ3) is 3.78. The standard InChI is InChI=1S/C18H29N3O2/c1-14(2)11-21(15-6-8-19(3)9-7-15)16-12-20(13-16)18(22)17-5-4-10-23-17/h4-5,10,14-16H,6-9,11-13H2,1-3H3. The van der Waals surface area contributed by atoms with Crippen molar-refractivity contribution in [2.45, 2.75) is 38.8 Å². The third-order valence-corrected chi connectivity index (χ3v) is 5.08. The minimum atomic E-state index is 0.0270. The van der Waals surface area contributed by atoms with Crippen molar-refractivity contribution in [1.29, 1.82) is 0 Å². The van der Waals surface area contributed by atoms with Crippen LogP contribution in [0.2, 0.25) is 0 Å². The van der Waals surface area contributed by atoms with Crippen LogP contribution in [-0.2, 0) is 0 Å². The molecule has 0 N–H and O–H groups in total. The summed E-state index contributed by atoms with van der Waals surface area (Å²) in [5.74, 6) is 1.14. The summed E-state index contributed by atoms with van der Waals surface area (Å²) < 4.78 is 5.23. The van der Waals surface area contributed by atoms with Gasteiger partial charge in [0.15, 0.2) is 5.76 Å². The number of furan rings is 1. The van der Waals surface area contributed by atoms with Crippen LogP contribution in [0.1, 0.15) is 37.2 Å². The van der Waals surface area contributed by atoms with Gasteiger partial charge in [-0.1, -0.05) is 13.8 Å². The van der Waals surface area contributed by atoms with Crippen molar-refractivity contribution in [3.05, 3.63) is 24.2 Å². The molecule has 1 aromatic rings. The van der Waals surface area contributed by atoms with Gasteiger partial charge in [-0.2, -0.15) is 0 Å². The first-order chi connectivity index (χ1) is 11.0. The summed E-state index contributed by atoms with van der Waals surface area (Å²) in [6, 6.07) is 4.69. The molecule has 5 heteroatoms. The molecule has 0 spiro atoms. The van der Waals surface area contributed by atoms with E-state index in [0.29, 0.717) is 23.8 Å². The van der Waals surface area contributed by atoms with Crippen LogP contribution in [0, 0.1) is 5.92 Å². The number of hydrogen-bond donors (Lipinski definition) is 0. The van der Waals surface area contributed by atoms with Crippen LogP contribution in [0.3, 0.4) is 0 Å². The molecule has 3 rings (SSSR count). The Labute approximate surface area is 139 Å². The van der Waals surface area contributed by atoms with Gasteiger partial charge in [-0.3, -0.25) is 9.69 Å².